The Kier molecular flexibility index (Phi) is 5.38. The van der Waals surface area contributed by atoms with E-state index in [2.05, 4.69) is 15.2 Å². The van der Waals surface area contributed by atoms with E-state index in [4.69, 9.17) is 0 Å². The minimum absolute atomic E-state index is 0.0348. The van der Waals surface area contributed by atoms with Gasteiger partial charge in [0.1, 0.15) is 5.75 Å². The molecule has 0 bridgehead atoms. The third-order valence-corrected chi connectivity index (χ3v) is 4.39. The highest BCUT2D eigenvalue weighted by Gasteiger charge is 2.22. The Balaban J connectivity index is 1.67. The number of aryl methyl sites for hydroxylation is 2. The van der Waals surface area contributed by atoms with Gasteiger partial charge in [0, 0.05) is 50.3 Å². The lowest BCUT2D eigenvalue weighted by Gasteiger charge is -2.28. The van der Waals surface area contributed by atoms with Gasteiger partial charge in [0.05, 0.1) is 5.69 Å². The van der Waals surface area contributed by atoms with Crippen molar-refractivity contribution in [1.29, 1.82) is 0 Å². The second-order valence-corrected chi connectivity index (χ2v) is 6.40. The van der Waals surface area contributed by atoms with Gasteiger partial charge < -0.3 is 15.0 Å². The van der Waals surface area contributed by atoms with Crippen molar-refractivity contribution in [3.8, 4) is 5.75 Å². The fraction of sp³-hybridized carbons (Fsp3) is 0.389. The number of carbonyl (C=O) groups excluding carboxylic acids is 1. The number of fused-ring (bicyclic) bond motifs is 1. The zero-order valence-electron chi connectivity index (χ0n) is 15.0. The van der Waals surface area contributed by atoms with Crippen LogP contribution >= 0.6 is 0 Å². The molecule has 1 aromatic heterocycles. The maximum Gasteiger partial charge on any atom is 0.387 e. The molecule has 0 fully saturated rings. The smallest absolute Gasteiger partial charge is 0.387 e. The summed E-state index contributed by atoms with van der Waals surface area (Å²) in [6.45, 7) is -0.319. The number of amides is 2. The SMILES string of the molecule is Cc1ccc(OC(F)F)c(CNC(=O)N2CCc3nn(C)c(=O)cc3C2)c1. The molecule has 7 nitrogen and oxygen atoms in total. The van der Waals surface area contributed by atoms with Crippen LogP contribution in [0, 0.1) is 6.92 Å². The van der Waals surface area contributed by atoms with Gasteiger partial charge in [-0.15, -0.1) is 0 Å². The molecule has 0 atom stereocenters. The first kappa shape index (κ1) is 18.8. The van der Waals surface area contributed by atoms with Crippen LogP contribution in [0.5, 0.6) is 5.75 Å². The number of alkyl halides is 2. The van der Waals surface area contributed by atoms with Crippen LogP contribution in [-0.4, -0.2) is 33.9 Å². The highest BCUT2D eigenvalue weighted by molar-refractivity contribution is 5.74. The van der Waals surface area contributed by atoms with Crippen LogP contribution in [-0.2, 0) is 26.6 Å². The maximum atomic E-state index is 12.5. The molecule has 2 amide bonds. The van der Waals surface area contributed by atoms with Gasteiger partial charge in [0.25, 0.3) is 5.56 Å². The van der Waals surface area contributed by atoms with E-state index in [-0.39, 0.29) is 30.4 Å². The Bertz CT molecular complexity index is 914. The Labute approximate surface area is 154 Å². The summed E-state index contributed by atoms with van der Waals surface area (Å²) < 4.78 is 30.9. The van der Waals surface area contributed by atoms with E-state index in [0.29, 0.717) is 18.5 Å². The normalized spacial score (nSPS) is 13.4. The predicted molar refractivity (Wildman–Crippen MR) is 93.6 cm³/mol. The number of carbonyl (C=O) groups is 1. The molecule has 0 aliphatic carbocycles. The zero-order valence-corrected chi connectivity index (χ0v) is 15.0. The molecule has 2 aromatic rings. The lowest BCUT2D eigenvalue weighted by atomic mass is 10.1. The van der Waals surface area contributed by atoms with Crippen molar-refractivity contribution >= 4 is 6.03 Å². The summed E-state index contributed by atoms with van der Waals surface area (Å²) in [5, 5.41) is 6.93. The number of nitrogens with zero attached hydrogens (tertiary/aromatic N) is 3. The lowest BCUT2D eigenvalue weighted by molar-refractivity contribution is -0.0504. The molecule has 3 rings (SSSR count). The summed E-state index contributed by atoms with van der Waals surface area (Å²) in [7, 11) is 1.59. The molecule has 27 heavy (non-hydrogen) atoms. The standard InChI is InChI=1S/C18H20F2N4O3/c1-11-3-4-15(27-17(19)20)12(7-11)9-21-18(26)24-6-5-14-13(10-24)8-16(25)23(2)22-14/h3-4,7-8,17H,5-6,9-10H2,1-2H3,(H,21,26). The maximum absolute atomic E-state index is 12.5. The predicted octanol–water partition coefficient (Wildman–Crippen LogP) is 1.96. The fourth-order valence-electron chi connectivity index (χ4n) is 3.01. The van der Waals surface area contributed by atoms with Crippen molar-refractivity contribution in [3.05, 3.63) is 57.0 Å². The Morgan fingerprint density at radius 1 is 1.37 bits per heavy atom. The van der Waals surface area contributed by atoms with Crippen LogP contribution in [0.15, 0.2) is 29.1 Å². The number of hydrogen-bond acceptors (Lipinski definition) is 4. The van der Waals surface area contributed by atoms with E-state index in [1.807, 2.05) is 6.92 Å². The van der Waals surface area contributed by atoms with Crippen molar-refractivity contribution in [2.24, 2.45) is 7.05 Å². The number of ether oxygens (including phenoxy) is 1. The molecule has 144 valence electrons. The van der Waals surface area contributed by atoms with Crippen LogP contribution in [0.1, 0.15) is 22.4 Å². The molecular formula is C18H20F2N4O3. The summed E-state index contributed by atoms with van der Waals surface area (Å²) in [5.41, 5.74) is 2.63. The van der Waals surface area contributed by atoms with E-state index in [9.17, 15) is 18.4 Å². The van der Waals surface area contributed by atoms with Crippen molar-refractivity contribution < 1.29 is 18.3 Å². The van der Waals surface area contributed by atoms with Gasteiger partial charge >= 0.3 is 12.6 Å². The average Bonchev–Trinajstić information content (AvgIpc) is 2.62. The van der Waals surface area contributed by atoms with Gasteiger partial charge in [-0.3, -0.25) is 4.79 Å². The fourth-order valence-corrected chi connectivity index (χ4v) is 3.01. The summed E-state index contributed by atoms with van der Waals surface area (Å²) >= 11 is 0. The molecule has 0 unspecified atom stereocenters. The highest BCUT2D eigenvalue weighted by Crippen LogP contribution is 2.22. The monoisotopic (exact) mass is 378 g/mol. The highest BCUT2D eigenvalue weighted by atomic mass is 19.3. The van der Waals surface area contributed by atoms with Gasteiger partial charge in [-0.1, -0.05) is 17.7 Å². The Morgan fingerprint density at radius 3 is 2.89 bits per heavy atom. The molecule has 0 saturated heterocycles. The van der Waals surface area contributed by atoms with Crippen LogP contribution in [0.2, 0.25) is 0 Å². The minimum atomic E-state index is -2.93. The first-order valence-corrected chi connectivity index (χ1v) is 8.46. The minimum Gasteiger partial charge on any atom is -0.434 e. The number of hydrogen-bond donors (Lipinski definition) is 1. The molecule has 0 saturated carbocycles. The number of aromatic nitrogens is 2. The largest absolute Gasteiger partial charge is 0.434 e. The molecule has 0 spiro atoms. The molecular weight excluding hydrogens is 358 g/mol. The average molecular weight is 378 g/mol. The summed E-state index contributed by atoms with van der Waals surface area (Å²) in [4.78, 5) is 25.8. The third-order valence-electron chi connectivity index (χ3n) is 4.39. The van der Waals surface area contributed by atoms with Crippen LogP contribution < -0.4 is 15.6 Å². The summed E-state index contributed by atoms with van der Waals surface area (Å²) in [6.07, 6.45) is 0.543. The third kappa shape index (κ3) is 4.42. The molecule has 2 heterocycles. The lowest BCUT2D eigenvalue weighted by Crippen LogP contribution is -2.43. The number of benzene rings is 1. The van der Waals surface area contributed by atoms with Crippen LogP contribution in [0.4, 0.5) is 13.6 Å². The van der Waals surface area contributed by atoms with Gasteiger partial charge in [-0.2, -0.15) is 13.9 Å². The van der Waals surface area contributed by atoms with Crippen molar-refractivity contribution in [2.75, 3.05) is 6.54 Å². The molecule has 1 N–H and O–H groups in total. The van der Waals surface area contributed by atoms with Crippen LogP contribution in [0.25, 0.3) is 0 Å². The van der Waals surface area contributed by atoms with E-state index in [1.165, 1.54) is 16.8 Å². The number of halogens is 2. The summed E-state index contributed by atoms with van der Waals surface area (Å²) in [5.74, 6) is 0.0348. The first-order chi connectivity index (χ1) is 12.8. The Hall–Kier alpha value is -2.97. The second-order valence-electron chi connectivity index (χ2n) is 6.40. The van der Waals surface area contributed by atoms with Crippen molar-refractivity contribution in [2.45, 2.75) is 33.0 Å². The molecule has 1 aliphatic heterocycles. The molecule has 1 aromatic carbocycles. The van der Waals surface area contributed by atoms with E-state index >= 15 is 0 Å². The quantitative estimate of drug-likeness (QED) is 0.883. The van der Waals surface area contributed by atoms with E-state index in [0.717, 1.165) is 16.8 Å². The number of nitrogens with one attached hydrogen (secondary N) is 1. The van der Waals surface area contributed by atoms with E-state index < -0.39 is 6.61 Å². The second kappa shape index (κ2) is 7.73. The van der Waals surface area contributed by atoms with Crippen molar-refractivity contribution in [3.63, 3.8) is 0 Å². The number of rotatable bonds is 4. The Morgan fingerprint density at radius 2 is 2.15 bits per heavy atom. The van der Waals surface area contributed by atoms with Gasteiger partial charge in [0.2, 0.25) is 0 Å². The van der Waals surface area contributed by atoms with E-state index in [1.54, 1.807) is 24.1 Å². The van der Waals surface area contributed by atoms with Gasteiger partial charge in [-0.25, -0.2) is 9.48 Å². The molecule has 1 aliphatic rings. The van der Waals surface area contributed by atoms with Crippen molar-refractivity contribution in [1.82, 2.24) is 20.0 Å². The zero-order chi connectivity index (χ0) is 19.6. The van der Waals surface area contributed by atoms with Gasteiger partial charge in [-0.05, 0) is 13.0 Å². The van der Waals surface area contributed by atoms with Gasteiger partial charge in [0.15, 0.2) is 0 Å². The molecule has 9 heteroatoms. The summed E-state index contributed by atoms with van der Waals surface area (Å²) in [6, 6.07) is 5.96. The number of urea groups is 1. The first-order valence-electron chi connectivity index (χ1n) is 8.46. The van der Waals surface area contributed by atoms with Crippen LogP contribution in [0.3, 0.4) is 0 Å². The topological polar surface area (TPSA) is 76.5 Å². The molecule has 0 radical (unpaired) electrons.